The molecule has 25 heavy (non-hydrogen) atoms. The Hall–Kier alpha value is -1.94. The minimum Gasteiger partial charge on any atom is -0.325 e. The second-order valence-corrected chi connectivity index (χ2v) is 8.16. The Morgan fingerprint density at radius 1 is 1.28 bits per heavy atom. The summed E-state index contributed by atoms with van der Waals surface area (Å²) in [6.07, 6.45) is 6.56. The molecule has 130 valence electrons. The average Bonchev–Trinajstić information content (AvgIpc) is 3.15. The number of nitrogens with zero attached hydrogens (tertiary/aromatic N) is 3. The Kier molecular flexibility index (Phi) is 3.39. The fourth-order valence-electron chi connectivity index (χ4n) is 5.14. The highest BCUT2D eigenvalue weighted by Crippen LogP contribution is 2.49. The summed E-state index contributed by atoms with van der Waals surface area (Å²) in [4.78, 5) is 11.8. The van der Waals surface area contributed by atoms with E-state index < -0.39 is 0 Å². The highest BCUT2D eigenvalue weighted by Gasteiger charge is 2.45. The maximum absolute atomic E-state index is 4.78. The molecule has 5 rings (SSSR count). The summed E-state index contributed by atoms with van der Waals surface area (Å²) in [6, 6.07) is 6.96. The quantitative estimate of drug-likeness (QED) is 0.865. The van der Waals surface area contributed by atoms with Gasteiger partial charge < -0.3 is 10.2 Å². The van der Waals surface area contributed by atoms with Crippen molar-refractivity contribution in [2.75, 3.05) is 24.5 Å². The molecule has 4 nitrogen and oxygen atoms in total. The van der Waals surface area contributed by atoms with Crippen LogP contribution in [0.1, 0.15) is 54.5 Å². The fraction of sp³-hybridized carbons (Fsp3) is 0.524. The molecule has 0 bridgehead atoms. The Morgan fingerprint density at radius 2 is 2.20 bits per heavy atom. The first-order chi connectivity index (χ1) is 12.2. The van der Waals surface area contributed by atoms with Gasteiger partial charge >= 0.3 is 0 Å². The lowest BCUT2D eigenvalue weighted by molar-refractivity contribution is 0.333. The van der Waals surface area contributed by atoms with Gasteiger partial charge in [-0.05, 0) is 56.7 Å². The van der Waals surface area contributed by atoms with Crippen LogP contribution in [0.25, 0.3) is 0 Å². The van der Waals surface area contributed by atoms with E-state index in [1.165, 1.54) is 47.3 Å². The van der Waals surface area contributed by atoms with E-state index in [-0.39, 0.29) is 5.41 Å². The van der Waals surface area contributed by atoms with E-state index in [9.17, 15) is 0 Å². The van der Waals surface area contributed by atoms with Crippen molar-refractivity contribution in [3.63, 3.8) is 0 Å². The van der Waals surface area contributed by atoms with E-state index in [2.05, 4.69) is 47.2 Å². The first kappa shape index (κ1) is 15.3. The standard InChI is InChI=1S/C21H26N4/c1-14-4-7-18-16(10-14)21(8-3-9-22-11-21)12-25(18)20-19-15(2)5-6-17(19)23-13-24-20/h4,7,10,13,15,22H,3,5-6,8-9,11-12H2,1-2H3/t15-,21-/m1/s1. The van der Waals surface area contributed by atoms with Gasteiger partial charge in [-0.3, -0.25) is 0 Å². The third-order valence-electron chi connectivity index (χ3n) is 6.46. The van der Waals surface area contributed by atoms with Gasteiger partial charge in [0.1, 0.15) is 12.1 Å². The van der Waals surface area contributed by atoms with Crippen LogP contribution in [-0.4, -0.2) is 29.6 Å². The van der Waals surface area contributed by atoms with Crippen molar-refractivity contribution < 1.29 is 0 Å². The van der Waals surface area contributed by atoms with Crippen LogP contribution >= 0.6 is 0 Å². The van der Waals surface area contributed by atoms with E-state index in [1.54, 1.807) is 6.33 Å². The number of fused-ring (bicyclic) bond motifs is 3. The molecule has 1 aromatic carbocycles. The van der Waals surface area contributed by atoms with Gasteiger partial charge in [0.05, 0.1) is 0 Å². The zero-order valence-electron chi connectivity index (χ0n) is 15.2. The number of hydrogen-bond acceptors (Lipinski definition) is 4. The summed E-state index contributed by atoms with van der Waals surface area (Å²) >= 11 is 0. The first-order valence-electron chi connectivity index (χ1n) is 9.61. The predicted octanol–water partition coefficient (Wildman–Crippen LogP) is 3.61. The normalized spacial score (nSPS) is 27.6. The summed E-state index contributed by atoms with van der Waals surface area (Å²) < 4.78 is 0. The SMILES string of the molecule is Cc1ccc2c(c1)[C@@]1(CCCNC1)CN2c1ncnc2c1[C@H](C)CC2. The van der Waals surface area contributed by atoms with E-state index in [1.807, 2.05) is 0 Å². The third kappa shape index (κ3) is 2.23. The van der Waals surface area contributed by atoms with Gasteiger partial charge in [-0.25, -0.2) is 9.97 Å². The summed E-state index contributed by atoms with van der Waals surface area (Å²) in [7, 11) is 0. The van der Waals surface area contributed by atoms with E-state index in [0.717, 1.165) is 31.9 Å². The van der Waals surface area contributed by atoms with Gasteiger partial charge in [0.2, 0.25) is 0 Å². The number of aryl methyl sites for hydroxylation is 2. The molecule has 2 aliphatic heterocycles. The number of benzene rings is 1. The van der Waals surface area contributed by atoms with Crippen molar-refractivity contribution in [3.8, 4) is 0 Å². The Balaban J connectivity index is 1.67. The topological polar surface area (TPSA) is 41.0 Å². The molecular weight excluding hydrogens is 308 g/mol. The van der Waals surface area contributed by atoms with Crippen molar-refractivity contribution >= 4 is 11.5 Å². The van der Waals surface area contributed by atoms with Gasteiger partial charge in [0, 0.05) is 35.4 Å². The van der Waals surface area contributed by atoms with E-state index in [4.69, 9.17) is 4.98 Å². The minimum atomic E-state index is 0.222. The molecule has 4 heteroatoms. The summed E-state index contributed by atoms with van der Waals surface area (Å²) in [5.74, 6) is 1.71. The van der Waals surface area contributed by atoms with Crippen molar-refractivity contribution in [3.05, 3.63) is 46.9 Å². The number of rotatable bonds is 1. The molecule has 1 aliphatic carbocycles. The lowest BCUT2D eigenvalue weighted by Crippen LogP contribution is -2.46. The molecule has 2 aromatic rings. The van der Waals surface area contributed by atoms with Crippen LogP contribution in [0.15, 0.2) is 24.5 Å². The summed E-state index contributed by atoms with van der Waals surface area (Å²) in [5, 5.41) is 3.65. The summed E-state index contributed by atoms with van der Waals surface area (Å²) in [6.45, 7) is 7.78. The Bertz CT molecular complexity index is 823. The Morgan fingerprint density at radius 3 is 3.04 bits per heavy atom. The second-order valence-electron chi connectivity index (χ2n) is 8.16. The van der Waals surface area contributed by atoms with Crippen molar-refractivity contribution in [2.45, 2.75) is 50.9 Å². The fourth-order valence-corrected chi connectivity index (χ4v) is 5.14. The van der Waals surface area contributed by atoms with Crippen LogP contribution < -0.4 is 10.2 Å². The minimum absolute atomic E-state index is 0.222. The molecule has 1 fully saturated rings. The van der Waals surface area contributed by atoms with Crippen LogP contribution in [0.2, 0.25) is 0 Å². The monoisotopic (exact) mass is 334 g/mol. The third-order valence-corrected chi connectivity index (χ3v) is 6.46. The molecule has 1 spiro atoms. The van der Waals surface area contributed by atoms with Crippen molar-refractivity contribution in [1.29, 1.82) is 0 Å². The summed E-state index contributed by atoms with van der Waals surface area (Å²) in [5.41, 5.74) is 7.08. The molecule has 0 amide bonds. The molecule has 0 saturated carbocycles. The highest BCUT2D eigenvalue weighted by molar-refractivity contribution is 5.74. The van der Waals surface area contributed by atoms with Crippen LogP contribution in [-0.2, 0) is 11.8 Å². The largest absolute Gasteiger partial charge is 0.325 e. The molecule has 3 heterocycles. The smallest absolute Gasteiger partial charge is 0.140 e. The van der Waals surface area contributed by atoms with Gasteiger partial charge in [0.15, 0.2) is 0 Å². The van der Waals surface area contributed by atoms with Gasteiger partial charge in [0.25, 0.3) is 0 Å². The molecule has 1 saturated heterocycles. The van der Waals surface area contributed by atoms with Crippen LogP contribution in [0.3, 0.4) is 0 Å². The molecule has 3 aliphatic rings. The zero-order chi connectivity index (χ0) is 17.0. The molecule has 1 N–H and O–H groups in total. The van der Waals surface area contributed by atoms with Crippen LogP contribution in [0.5, 0.6) is 0 Å². The number of nitrogens with one attached hydrogen (secondary N) is 1. The number of piperidine rings is 1. The maximum Gasteiger partial charge on any atom is 0.140 e. The van der Waals surface area contributed by atoms with Crippen LogP contribution in [0.4, 0.5) is 11.5 Å². The molecular formula is C21H26N4. The lowest BCUT2D eigenvalue weighted by Gasteiger charge is -2.35. The average molecular weight is 334 g/mol. The van der Waals surface area contributed by atoms with Gasteiger partial charge in [-0.1, -0.05) is 24.6 Å². The van der Waals surface area contributed by atoms with Gasteiger partial charge in [-0.2, -0.15) is 0 Å². The molecule has 2 atom stereocenters. The van der Waals surface area contributed by atoms with E-state index in [0.29, 0.717) is 5.92 Å². The molecule has 0 radical (unpaired) electrons. The Labute approximate surface area is 149 Å². The van der Waals surface area contributed by atoms with E-state index >= 15 is 0 Å². The number of anilines is 2. The van der Waals surface area contributed by atoms with Crippen LogP contribution in [0, 0.1) is 6.92 Å². The van der Waals surface area contributed by atoms with Crippen molar-refractivity contribution in [1.82, 2.24) is 15.3 Å². The molecule has 1 aromatic heterocycles. The second kappa shape index (κ2) is 5.53. The van der Waals surface area contributed by atoms with Crippen molar-refractivity contribution in [2.24, 2.45) is 0 Å². The predicted molar refractivity (Wildman–Crippen MR) is 101 cm³/mol. The van der Waals surface area contributed by atoms with Gasteiger partial charge in [-0.15, -0.1) is 0 Å². The number of aromatic nitrogens is 2. The maximum atomic E-state index is 4.78. The number of hydrogen-bond donors (Lipinski definition) is 1. The first-order valence-corrected chi connectivity index (χ1v) is 9.61. The molecule has 0 unspecified atom stereocenters. The lowest BCUT2D eigenvalue weighted by atomic mass is 9.76. The zero-order valence-corrected chi connectivity index (χ0v) is 15.2. The highest BCUT2D eigenvalue weighted by atomic mass is 15.2.